The van der Waals surface area contributed by atoms with Gasteiger partial charge in [-0.2, -0.15) is 5.10 Å². The first-order valence-corrected chi connectivity index (χ1v) is 8.64. The molecule has 1 N–H and O–H groups in total. The summed E-state index contributed by atoms with van der Waals surface area (Å²) in [6.45, 7) is 2.80. The zero-order valence-corrected chi connectivity index (χ0v) is 14.2. The smallest absolute Gasteiger partial charge is 0.229 e. The largest absolute Gasteiger partial charge is 0.309 e. The Bertz CT molecular complexity index is 885. The molecule has 0 bridgehead atoms. The second-order valence-corrected chi connectivity index (χ2v) is 6.67. The highest BCUT2D eigenvalue weighted by atomic mass is 16.2. The quantitative estimate of drug-likeness (QED) is 0.768. The second kappa shape index (κ2) is 6.55. The first-order valence-electron chi connectivity index (χ1n) is 8.64. The van der Waals surface area contributed by atoms with Crippen molar-refractivity contribution in [1.82, 2.24) is 9.78 Å². The molecule has 126 valence electrons. The van der Waals surface area contributed by atoms with Crippen LogP contribution in [-0.4, -0.2) is 15.7 Å². The van der Waals surface area contributed by atoms with Gasteiger partial charge >= 0.3 is 0 Å². The summed E-state index contributed by atoms with van der Waals surface area (Å²) in [6, 6.07) is 20.4. The summed E-state index contributed by atoms with van der Waals surface area (Å²) >= 11 is 0. The number of hydrogen-bond donors (Lipinski definition) is 1. The Labute approximate surface area is 147 Å². The number of carbonyl (C=O) groups excluding carboxylic acids is 1. The SMILES string of the molecule is Cc1ccccc1Cn1ccc(NC(=O)[C@H]2C[C@H]2c2ccccc2)n1. The van der Waals surface area contributed by atoms with Crippen molar-refractivity contribution in [2.75, 3.05) is 5.32 Å². The van der Waals surface area contributed by atoms with Crippen molar-refractivity contribution < 1.29 is 4.79 Å². The monoisotopic (exact) mass is 331 g/mol. The summed E-state index contributed by atoms with van der Waals surface area (Å²) < 4.78 is 1.86. The van der Waals surface area contributed by atoms with Crippen molar-refractivity contribution in [1.29, 1.82) is 0 Å². The van der Waals surface area contributed by atoms with Crippen LogP contribution in [0.1, 0.15) is 29.0 Å². The molecule has 1 aromatic heterocycles. The molecule has 2 atom stereocenters. The van der Waals surface area contributed by atoms with Crippen LogP contribution in [-0.2, 0) is 11.3 Å². The molecule has 4 rings (SSSR count). The fourth-order valence-corrected chi connectivity index (χ4v) is 3.25. The van der Waals surface area contributed by atoms with Crippen LogP contribution in [0.5, 0.6) is 0 Å². The van der Waals surface area contributed by atoms with Crippen LogP contribution in [0.4, 0.5) is 5.82 Å². The third kappa shape index (κ3) is 3.48. The summed E-state index contributed by atoms with van der Waals surface area (Å²) in [5, 5.41) is 7.43. The highest BCUT2D eigenvalue weighted by Crippen LogP contribution is 2.47. The van der Waals surface area contributed by atoms with E-state index in [4.69, 9.17) is 0 Å². The van der Waals surface area contributed by atoms with E-state index in [1.807, 2.05) is 47.3 Å². The first-order chi connectivity index (χ1) is 12.2. The molecule has 1 aliphatic rings. The van der Waals surface area contributed by atoms with Crippen molar-refractivity contribution in [3.8, 4) is 0 Å². The van der Waals surface area contributed by atoms with E-state index in [1.54, 1.807) is 0 Å². The van der Waals surface area contributed by atoms with Crippen LogP contribution in [0.25, 0.3) is 0 Å². The Morgan fingerprint density at radius 1 is 1.12 bits per heavy atom. The summed E-state index contributed by atoms with van der Waals surface area (Å²) in [7, 11) is 0. The number of nitrogens with zero attached hydrogens (tertiary/aromatic N) is 2. The van der Waals surface area contributed by atoms with Gasteiger partial charge in [0.05, 0.1) is 6.54 Å². The number of amides is 1. The predicted octanol–water partition coefficient (Wildman–Crippen LogP) is 3.98. The van der Waals surface area contributed by atoms with Gasteiger partial charge in [-0.05, 0) is 36.0 Å². The van der Waals surface area contributed by atoms with Crippen LogP contribution in [0.3, 0.4) is 0 Å². The molecule has 0 spiro atoms. The molecule has 1 saturated carbocycles. The predicted molar refractivity (Wildman–Crippen MR) is 98.4 cm³/mol. The highest BCUT2D eigenvalue weighted by Gasteiger charge is 2.43. The van der Waals surface area contributed by atoms with Gasteiger partial charge in [0, 0.05) is 18.2 Å². The lowest BCUT2D eigenvalue weighted by Gasteiger charge is -2.05. The summed E-state index contributed by atoms with van der Waals surface area (Å²) in [4.78, 5) is 12.4. The molecular formula is C21H21N3O. The Morgan fingerprint density at radius 3 is 2.68 bits per heavy atom. The third-order valence-electron chi connectivity index (χ3n) is 4.84. The zero-order valence-electron chi connectivity index (χ0n) is 14.2. The van der Waals surface area contributed by atoms with Gasteiger partial charge < -0.3 is 5.32 Å². The van der Waals surface area contributed by atoms with E-state index in [-0.39, 0.29) is 11.8 Å². The minimum atomic E-state index is 0.0592. The van der Waals surface area contributed by atoms with Crippen LogP contribution >= 0.6 is 0 Å². The Morgan fingerprint density at radius 2 is 1.88 bits per heavy atom. The molecule has 1 aliphatic carbocycles. The number of benzene rings is 2. The van der Waals surface area contributed by atoms with Crippen LogP contribution in [0.2, 0.25) is 0 Å². The molecule has 2 aromatic carbocycles. The molecule has 1 fully saturated rings. The van der Waals surface area contributed by atoms with Crippen LogP contribution in [0.15, 0.2) is 66.9 Å². The average Bonchev–Trinajstić information content (AvgIpc) is 3.33. The minimum Gasteiger partial charge on any atom is -0.309 e. The lowest BCUT2D eigenvalue weighted by Crippen LogP contribution is -2.15. The van der Waals surface area contributed by atoms with Gasteiger partial charge in [0.1, 0.15) is 0 Å². The number of aromatic nitrogens is 2. The third-order valence-corrected chi connectivity index (χ3v) is 4.84. The molecule has 25 heavy (non-hydrogen) atoms. The molecule has 0 saturated heterocycles. The molecule has 0 unspecified atom stereocenters. The molecule has 1 heterocycles. The maximum absolute atomic E-state index is 12.4. The lowest BCUT2D eigenvalue weighted by atomic mass is 10.1. The van der Waals surface area contributed by atoms with E-state index in [9.17, 15) is 4.79 Å². The maximum atomic E-state index is 12.4. The summed E-state index contributed by atoms with van der Waals surface area (Å²) in [5.74, 6) is 1.09. The van der Waals surface area contributed by atoms with E-state index >= 15 is 0 Å². The number of hydrogen-bond acceptors (Lipinski definition) is 2. The number of aryl methyl sites for hydroxylation is 1. The van der Waals surface area contributed by atoms with Crippen molar-refractivity contribution in [2.45, 2.75) is 25.8 Å². The second-order valence-electron chi connectivity index (χ2n) is 6.67. The Kier molecular flexibility index (Phi) is 4.10. The first kappa shape index (κ1) is 15.6. The van der Waals surface area contributed by atoms with Gasteiger partial charge in [0.25, 0.3) is 0 Å². The molecule has 0 aliphatic heterocycles. The maximum Gasteiger partial charge on any atom is 0.229 e. The number of anilines is 1. The standard InChI is InChI=1S/C21H21N3O/c1-15-7-5-6-10-17(15)14-24-12-11-20(23-24)22-21(25)19-13-18(19)16-8-3-2-4-9-16/h2-12,18-19H,13-14H2,1H3,(H,22,23,25)/t18-,19-/m0/s1. The topological polar surface area (TPSA) is 46.9 Å². The van der Waals surface area contributed by atoms with Crippen molar-refractivity contribution in [3.63, 3.8) is 0 Å². The van der Waals surface area contributed by atoms with Crippen molar-refractivity contribution in [3.05, 3.63) is 83.6 Å². The normalized spacial score (nSPS) is 18.8. The van der Waals surface area contributed by atoms with Crippen molar-refractivity contribution >= 4 is 11.7 Å². The van der Waals surface area contributed by atoms with E-state index in [2.05, 4.69) is 41.6 Å². The summed E-state index contributed by atoms with van der Waals surface area (Å²) in [6.07, 6.45) is 2.82. The van der Waals surface area contributed by atoms with Crippen molar-refractivity contribution in [2.24, 2.45) is 5.92 Å². The van der Waals surface area contributed by atoms with Gasteiger partial charge in [-0.15, -0.1) is 0 Å². The van der Waals surface area contributed by atoms with E-state index in [0.29, 0.717) is 18.3 Å². The fraction of sp³-hybridized carbons (Fsp3) is 0.238. The number of carbonyl (C=O) groups is 1. The van der Waals surface area contributed by atoms with E-state index in [1.165, 1.54) is 16.7 Å². The van der Waals surface area contributed by atoms with Crippen LogP contribution in [0, 0.1) is 12.8 Å². The Hall–Kier alpha value is -2.88. The van der Waals surface area contributed by atoms with Gasteiger partial charge in [0.2, 0.25) is 5.91 Å². The number of rotatable bonds is 5. The molecule has 0 radical (unpaired) electrons. The van der Waals surface area contributed by atoms with E-state index in [0.717, 1.165) is 6.42 Å². The molecule has 4 heteroatoms. The van der Waals surface area contributed by atoms with Gasteiger partial charge in [-0.1, -0.05) is 54.6 Å². The number of nitrogens with one attached hydrogen (secondary N) is 1. The molecule has 4 nitrogen and oxygen atoms in total. The average molecular weight is 331 g/mol. The Balaban J connectivity index is 1.37. The summed E-state index contributed by atoms with van der Waals surface area (Å²) in [5.41, 5.74) is 3.72. The zero-order chi connectivity index (χ0) is 17.2. The minimum absolute atomic E-state index is 0.0592. The van der Waals surface area contributed by atoms with Gasteiger partial charge in [0.15, 0.2) is 5.82 Å². The lowest BCUT2D eigenvalue weighted by molar-refractivity contribution is -0.117. The molecule has 1 amide bonds. The molecular weight excluding hydrogens is 310 g/mol. The van der Waals surface area contributed by atoms with Gasteiger partial charge in [-0.25, -0.2) is 0 Å². The van der Waals surface area contributed by atoms with Crippen LogP contribution < -0.4 is 5.32 Å². The van der Waals surface area contributed by atoms with E-state index < -0.39 is 0 Å². The highest BCUT2D eigenvalue weighted by molar-refractivity contribution is 5.94. The van der Waals surface area contributed by atoms with Gasteiger partial charge in [-0.3, -0.25) is 9.48 Å². The molecule has 3 aromatic rings. The fourth-order valence-electron chi connectivity index (χ4n) is 3.25.